The Hall–Kier alpha value is -0.580. The highest BCUT2D eigenvalue weighted by molar-refractivity contribution is 7.91. The Morgan fingerprint density at radius 2 is 2.00 bits per heavy atom. The summed E-state index contributed by atoms with van der Waals surface area (Å²) in [7, 11) is -2.85. The van der Waals surface area contributed by atoms with Gasteiger partial charge in [0, 0.05) is 23.5 Å². The maximum atomic E-state index is 11.7. The van der Waals surface area contributed by atoms with Gasteiger partial charge < -0.3 is 5.32 Å². The lowest BCUT2D eigenvalue weighted by atomic mass is 9.66. The predicted molar refractivity (Wildman–Crippen MR) is 72.8 cm³/mol. The molecule has 5 heteroatoms. The Balaban J connectivity index is 1.99. The first kappa shape index (κ1) is 12.5. The van der Waals surface area contributed by atoms with Crippen LogP contribution in [0.2, 0.25) is 5.02 Å². The zero-order valence-corrected chi connectivity index (χ0v) is 11.6. The van der Waals surface area contributed by atoms with Crippen LogP contribution in [0.15, 0.2) is 24.3 Å². The molecule has 3 rings (SSSR count). The summed E-state index contributed by atoms with van der Waals surface area (Å²) < 4.78 is 23.4. The average molecular weight is 286 g/mol. The molecule has 0 aliphatic carbocycles. The normalized spacial score (nSPS) is 28.8. The quantitative estimate of drug-likeness (QED) is 0.898. The summed E-state index contributed by atoms with van der Waals surface area (Å²) in [6.07, 6.45) is 0.759. The van der Waals surface area contributed by atoms with E-state index in [1.54, 1.807) is 0 Å². The molecule has 1 unspecified atom stereocenters. The van der Waals surface area contributed by atoms with Gasteiger partial charge in [0.2, 0.25) is 0 Å². The number of halogens is 1. The molecule has 1 atom stereocenters. The first-order valence-corrected chi connectivity index (χ1v) is 8.40. The molecule has 0 aromatic heterocycles. The van der Waals surface area contributed by atoms with Gasteiger partial charge in [0.1, 0.15) is 0 Å². The van der Waals surface area contributed by atoms with E-state index in [1.165, 1.54) is 0 Å². The van der Waals surface area contributed by atoms with Crippen molar-refractivity contribution in [2.75, 3.05) is 24.6 Å². The highest BCUT2D eigenvalue weighted by atomic mass is 35.5. The summed E-state index contributed by atoms with van der Waals surface area (Å²) in [4.78, 5) is 0. The molecular weight excluding hydrogens is 270 g/mol. The van der Waals surface area contributed by atoms with Crippen molar-refractivity contribution in [3.05, 3.63) is 34.9 Å². The van der Waals surface area contributed by atoms with Gasteiger partial charge in [-0.1, -0.05) is 29.8 Å². The van der Waals surface area contributed by atoms with Gasteiger partial charge in [-0.2, -0.15) is 0 Å². The third-order valence-electron chi connectivity index (χ3n) is 4.31. The van der Waals surface area contributed by atoms with E-state index in [0.717, 1.165) is 30.1 Å². The van der Waals surface area contributed by atoms with Crippen LogP contribution in [0.4, 0.5) is 0 Å². The van der Waals surface area contributed by atoms with Crippen LogP contribution >= 0.6 is 11.6 Å². The van der Waals surface area contributed by atoms with Crippen molar-refractivity contribution in [3.63, 3.8) is 0 Å². The van der Waals surface area contributed by atoms with Crippen LogP contribution in [0.3, 0.4) is 0 Å². The smallest absolute Gasteiger partial charge is 0.150 e. The van der Waals surface area contributed by atoms with E-state index in [4.69, 9.17) is 11.6 Å². The van der Waals surface area contributed by atoms with E-state index in [1.807, 2.05) is 24.3 Å². The third-order valence-corrected chi connectivity index (χ3v) is 6.40. The topological polar surface area (TPSA) is 46.2 Å². The minimum absolute atomic E-state index is 0.0814. The minimum Gasteiger partial charge on any atom is -0.315 e. The van der Waals surface area contributed by atoms with Gasteiger partial charge in [-0.25, -0.2) is 8.42 Å². The lowest BCUT2D eigenvalue weighted by Gasteiger charge is -2.47. The number of nitrogens with one attached hydrogen (secondary N) is 1. The fourth-order valence-electron chi connectivity index (χ4n) is 3.19. The first-order chi connectivity index (χ1) is 8.54. The molecule has 2 heterocycles. The highest BCUT2D eigenvalue weighted by Gasteiger charge is 2.50. The van der Waals surface area contributed by atoms with Crippen LogP contribution in [0, 0.1) is 5.92 Å². The second-order valence-corrected chi connectivity index (χ2v) is 7.98. The number of benzene rings is 1. The van der Waals surface area contributed by atoms with Crippen LogP contribution in [0.5, 0.6) is 0 Å². The van der Waals surface area contributed by atoms with Crippen molar-refractivity contribution in [2.45, 2.75) is 11.8 Å². The van der Waals surface area contributed by atoms with Gasteiger partial charge in [0.05, 0.1) is 11.5 Å². The summed E-state index contributed by atoms with van der Waals surface area (Å²) >= 11 is 6.29. The van der Waals surface area contributed by atoms with Gasteiger partial charge in [-0.15, -0.1) is 0 Å². The largest absolute Gasteiger partial charge is 0.315 e. The zero-order chi connectivity index (χ0) is 12.8. The summed E-state index contributed by atoms with van der Waals surface area (Å²) in [5.41, 5.74) is 1.02. The Morgan fingerprint density at radius 3 is 2.50 bits per heavy atom. The Morgan fingerprint density at radius 1 is 1.28 bits per heavy atom. The van der Waals surface area contributed by atoms with E-state index in [2.05, 4.69) is 5.32 Å². The molecule has 2 aliphatic rings. The van der Waals surface area contributed by atoms with Crippen molar-refractivity contribution in [1.82, 2.24) is 5.32 Å². The molecule has 2 saturated heterocycles. The van der Waals surface area contributed by atoms with Crippen molar-refractivity contribution in [1.29, 1.82) is 0 Å². The lowest BCUT2D eigenvalue weighted by molar-refractivity contribution is 0.190. The van der Waals surface area contributed by atoms with E-state index in [9.17, 15) is 8.42 Å². The number of sulfone groups is 1. The maximum absolute atomic E-state index is 11.7. The maximum Gasteiger partial charge on any atom is 0.150 e. The van der Waals surface area contributed by atoms with E-state index >= 15 is 0 Å². The summed E-state index contributed by atoms with van der Waals surface area (Å²) in [6, 6.07) is 7.82. The van der Waals surface area contributed by atoms with E-state index in [-0.39, 0.29) is 11.3 Å². The zero-order valence-electron chi connectivity index (χ0n) is 10.0. The van der Waals surface area contributed by atoms with Crippen molar-refractivity contribution < 1.29 is 8.42 Å². The van der Waals surface area contributed by atoms with E-state index in [0.29, 0.717) is 11.5 Å². The predicted octanol–water partition coefficient (Wildman–Crippen LogP) is 1.62. The third kappa shape index (κ3) is 1.87. The van der Waals surface area contributed by atoms with Gasteiger partial charge in [0.25, 0.3) is 0 Å². The molecule has 0 radical (unpaired) electrons. The molecule has 2 fully saturated rings. The SMILES string of the molecule is O=S1(=O)CCC(C2(c3ccccc3Cl)CNC2)C1. The van der Waals surface area contributed by atoms with Crippen LogP contribution in [0.1, 0.15) is 12.0 Å². The van der Waals surface area contributed by atoms with Crippen LogP contribution < -0.4 is 5.32 Å². The van der Waals surface area contributed by atoms with Crippen LogP contribution in [-0.4, -0.2) is 33.0 Å². The second kappa shape index (κ2) is 4.22. The minimum atomic E-state index is -2.85. The van der Waals surface area contributed by atoms with Gasteiger partial charge in [-0.3, -0.25) is 0 Å². The fourth-order valence-corrected chi connectivity index (χ4v) is 5.42. The number of rotatable bonds is 2. The molecule has 98 valence electrons. The second-order valence-electron chi connectivity index (χ2n) is 5.34. The lowest BCUT2D eigenvalue weighted by Crippen LogP contribution is -2.61. The Kier molecular flexibility index (Phi) is 2.92. The van der Waals surface area contributed by atoms with Crippen molar-refractivity contribution in [2.24, 2.45) is 5.92 Å². The van der Waals surface area contributed by atoms with Gasteiger partial charge >= 0.3 is 0 Å². The molecule has 3 nitrogen and oxygen atoms in total. The molecule has 0 bridgehead atoms. The van der Waals surface area contributed by atoms with Crippen molar-refractivity contribution in [3.8, 4) is 0 Å². The first-order valence-electron chi connectivity index (χ1n) is 6.20. The highest BCUT2D eigenvalue weighted by Crippen LogP contribution is 2.44. The molecule has 1 N–H and O–H groups in total. The van der Waals surface area contributed by atoms with E-state index < -0.39 is 9.84 Å². The molecule has 18 heavy (non-hydrogen) atoms. The monoisotopic (exact) mass is 285 g/mol. The van der Waals surface area contributed by atoms with Gasteiger partial charge in [-0.05, 0) is 24.0 Å². The standard InChI is InChI=1S/C13H16ClNO2S/c14-12-4-2-1-3-11(12)13(8-15-9-13)10-5-6-18(16,17)7-10/h1-4,10,15H,5-9H2. The number of hydrogen-bond donors (Lipinski definition) is 1. The van der Waals surface area contributed by atoms with Gasteiger partial charge in [0.15, 0.2) is 9.84 Å². The molecular formula is C13H16ClNO2S. The average Bonchev–Trinajstić information content (AvgIpc) is 2.60. The van der Waals surface area contributed by atoms with Crippen LogP contribution in [0.25, 0.3) is 0 Å². The Labute approximate surface area is 112 Å². The summed E-state index contributed by atoms with van der Waals surface area (Å²) in [5, 5.41) is 4.03. The molecule has 0 amide bonds. The fraction of sp³-hybridized carbons (Fsp3) is 0.538. The molecule has 0 saturated carbocycles. The summed E-state index contributed by atoms with van der Waals surface area (Å²) in [6.45, 7) is 1.66. The molecule has 0 spiro atoms. The summed E-state index contributed by atoms with van der Waals surface area (Å²) in [5.74, 6) is 0.827. The Bertz CT molecular complexity index is 566. The number of hydrogen-bond acceptors (Lipinski definition) is 3. The van der Waals surface area contributed by atoms with Crippen LogP contribution in [-0.2, 0) is 15.3 Å². The molecule has 1 aromatic carbocycles. The van der Waals surface area contributed by atoms with Crippen molar-refractivity contribution >= 4 is 21.4 Å². The molecule has 2 aliphatic heterocycles. The molecule has 1 aromatic rings.